The normalized spacial score (nSPS) is 10.7. The topological polar surface area (TPSA) is 15.3 Å². The molecule has 15 heavy (non-hydrogen) atoms. The first-order valence-electron chi connectivity index (χ1n) is 4.94. The molecular formula is C11H16BrFN2. The molecule has 0 spiro atoms. The summed E-state index contributed by atoms with van der Waals surface area (Å²) < 4.78 is 14.1. The molecule has 0 aliphatic carbocycles. The summed E-state index contributed by atoms with van der Waals surface area (Å²) in [5.74, 6) is -0.214. The Morgan fingerprint density at radius 3 is 2.73 bits per heavy atom. The highest BCUT2D eigenvalue weighted by Gasteiger charge is 2.04. The number of nitrogens with zero attached hydrogens (tertiary/aromatic N) is 1. The third kappa shape index (κ3) is 4.18. The molecule has 4 heteroatoms. The van der Waals surface area contributed by atoms with Gasteiger partial charge in [-0.1, -0.05) is 6.07 Å². The Morgan fingerprint density at radius 1 is 1.40 bits per heavy atom. The molecule has 0 heterocycles. The Kier molecular flexibility index (Phi) is 5.05. The van der Waals surface area contributed by atoms with E-state index in [-0.39, 0.29) is 5.82 Å². The zero-order valence-electron chi connectivity index (χ0n) is 9.06. The smallest absolute Gasteiger partial charge is 0.147 e. The average Bonchev–Trinajstić information content (AvgIpc) is 2.15. The lowest BCUT2D eigenvalue weighted by molar-refractivity contribution is 0.405. The molecule has 1 aromatic carbocycles. The fourth-order valence-electron chi connectivity index (χ4n) is 1.28. The van der Waals surface area contributed by atoms with Crippen LogP contribution in [0.15, 0.2) is 22.7 Å². The minimum absolute atomic E-state index is 0.214. The van der Waals surface area contributed by atoms with E-state index in [2.05, 4.69) is 26.1 Å². The van der Waals surface area contributed by atoms with Crippen LogP contribution < -0.4 is 5.32 Å². The summed E-state index contributed by atoms with van der Waals surface area (Å²) in [6.45, 7) is 1.77. The van der Waals surface area contributed by atoms with Gasteiger partial charge >= 0.3 is 0 Å². The van der Waals surface area contributed by atoms with E-state index in [0.717, 1.165) is 24.0 Å². The average molecular weight is 275 g/mol. The van der Waals surface area contributed by atoms with Crippen LogP contribution in [0.5, 0.6) is 0 Å². The van der Waals surface area contributed by atoms with Crippen molar-refractivity contribution in [3.8, 4) is 0 Å². The van der Waals surface area contributed by atoms with Crippen molar-refractivity contribution in [1.82, 2.24) is 4.90 Å². The molecule has 0 aromatic heterocycles. The molecule has 1 rings (SSSR count). The van der Waals surface area contributed by atoms with E-state index in [1.165, 1.54) is 6.07 Å². The van der Waals surface area contributed by atoms with Crippen molar-refractivity contribution in [2.45, 2.75) is 6.42 Å². The summed E-state index contributed by atoms with van der Waals surface area (Å²) >= 11 is 3.32. The van der Waals surface area contributed by atoms with Crippen molar-refractivity contribution in [1.29, 1.82) is 0 Å². The highest BCUT2D eigenvalue weighted by molar-refractivity contribution is 9.10. The number of rotatable bonds is 5. The van der Waals surface area contributed by atoms with Crippen molar-refractivity contribution in [2.24, 2.45) is 0 Å². The number of hydrogen-bond donors (Lipinski definition) is 1. The number of para-hydroxylation sites is 1. The molecule has 84 valence electrons. The fourth-order valence-corrected chi connectivity index (χ4v) is 1.76. The quantitative estimate of drug-likeness (QED) is 0.831. The summed E-state index contributed by atoms with van der Waals surface area (Å²) in [7, 11) is 4.05. The molecule has 1 aromatic rings. The maximum atomic E-state index is 13.3. The van der Waals surface area contributed by atoms with Crippen LogP contribution >= 0.6 is 15.9 Å². The Hall–Kier alpha value is -0.610. The molecule has 0 aliphatic heterocycles. The van der Waals surface area contributed by atoms with Crippen LogP contribution in [0.3, 0.4) is 0 Å². The van der Waals surface area contributed by atoms with Crippen LogP contribution in [0.1, 0.15) is 6.42 Å². The van der Waals surface area contributed by atoms with Crippen molar-refractivity contribution >= 4 is 21.6 Å². The number of benzene rings is 1. The molecule has 0 saturated heterocycles. The van der Waals surface area contributed by atoms with Crippen molar-refractivity contribution in [3.05, 3.63) is 28.5 Å². The van der Waals surface area contributed by atoms with Gasteiger partial charge < -0.3 is 10.2 Å². The summed E-state index contributed by atoms with van der Waals surface area (Å²) in [6.07, 6.45) is 0.994. The SMILES string of the molecule is CN(C)CCCNc1c(F)cccc1Br. The van der Waals surface area contributed by atoms with Crippen LogP contribution in [-0.2, 0) is 0 Å². The van der Waals surface area contributed by atoms with E-state index in [4.69, 9.17) is 0 Å². The van der Waals surface area contributed by atoms with Gasteiger partial charge in [0.1, 0.15) is 5.82 Å². The third-order valence-electron chi connectivity index (χ3n) is 2.05. The van der Waals surface area contributed by atoms with Crippen LogP contribution in [0, 0.1) is 5.82 Å². The van der Waals surface area contributed by atoms with Crippen molar-refractivity contribution in [3.63, 3.8) is 0 Å². The van der Waals surface area contributed by atoms with Gasteiger partial charge in [-0.25, -0.2) is 4.39 Å². The minimum Gasteiger partial charge on any atom is -0.382 e. The zero-order chi connectivity index (χ0) is 11.3. The number of hydrogen-bond acceptors (Lipinski definition) is 2. The predicted molar refractivity (Wildman–Crippen MR) is 65.8 cm³/mol. The highest BCUT2D eigenvalue weighted by Crippen LogP contribution is 2.24. The van der Waals surface area contributed by atoms with E-state index in [1.54, 1.807) is 6.07 Å². The second-order valence-corrected chi connectivity index (χ2v) is 4.53. The monoisotopic (exact) mass is 274 g/mol. The Bertz CT molecular complexity index is 295. The Labute approximate surface area is 98.6 Å². The first kappa shape index (κ1) is 12.5. The van der Waals surface area contributed by atoms with Crippen LogP contribution in [-0.4, -0.2) is 32.1 Å². The minimum atomic E-state index is -0.214. The lowest BCUT2D eigenvalue weighted by Gasteiger charge is -2.12. The highest BCUT2D eigenvalue weighted by atomic mass is 79.9. The second-order valence-electron chi connectivity index (χ2n) is 3.68. The van der Waals surface area contributed by atoms with Crippen LogP contribution in [0.2, 0.25) is 0 Å². The fraction of sp³-hybridized carbons (Fsp3) is 0.455. The number of halogens is 2. The summed E-state index contributed by atoms with van der Waals surface area (Å²) in [5.41, 5.74) is 0.552. The molecular weight excluding hydrogens is 259 g/mol. The van der Waals surface area contributed by atoms with Gasteiger partial charge in [-0.2, -0.15) is 0 Å². The summed E-state index contributed by atoms with van der Waals surface area (Å²) in [4.78, 5) is 2.11. The lowest BCUT2D eigenvalue weighted by atomic mass is 10.3. The van der Waals surface area contributed by atoms with Gasteiger partial charge in [-0.05, 0) is 55.1 Å². The van der Waals surface area contributed by atoms with Crippen LogP contribution in [0.25, 0.3) is 0 Å². The molecule has 0 aliphatic rings. The maximum absolute atomic E-state index is 13.3. The Balaban J connectivity index is 2.43. The van der Waals surface area contributed by atoms with Crippen LogP contribution in [0.4, 0.5) is 10.1 Å². The maximum Gasteiger partial charge on any atom is 0.147 e. The van der Waals surface area contributed by atoms with Gasteiger partial charge in [-0.3, -0.25) is 0 Å². The summed E-state index contributed by atoms with van der Waals surface area (Å²) in [5, 5.41) is 3.09. The summed E-state index contributed by atoms with van der Waals surface area (Å²) in [6, 6.07) is 4.97. The largest absolute Gasteiger partial charge is 0.382 e. The molecule has 0 amide bonds. The Morgan fingerprint density at radius 2 is 2.13 bits per heavy atom. The van der Waals surface area contributed by atoms with Gasteiger partial charge in [-0.15, -0.1) is 0 Å². The van der Waals surface area contributed by atoms with Crippen molar-refractivity contribution in [2.75, 3.05) is 32.5 Å². The van der Waals surface area contributed by atoms with E-state index in [1.807, 2.05) is 20.2 Å². The van der Waals surface area contributed by atoms with E-state index < -0.39 is 0 Å². The molecule has 2 nitrogen and oxygen atoms in total. The van der Waals surface area contributed by atoms with Gasteiger partial charge in [0.2, 0.25) is 0 Å². The standard InChI is InChI=1S/C11H16BrFN2/c1-15(2)8-4-7-14-11-9(12)5-3-6-10(11)13/h3,5-6,14H,4,7-8H2,1-2H3. The second kappa shape index (κ2) is 6.08. The van der Waals surface area contributed by atoms with Gasteiger partial charge in [0.15, 0.2) is 0 Å². The van der Waals surface area contributed by atoms with Crippen molar-refractivity contribution < 1.29 is 4.39 Å². The molecule has 0 atom stereocenters. The van der Waals surface area contributed by atoms with Gasteiger partial charge in [0, 0.05) is 11.0 Å². The molecule has 0 radical (unpaired) electrons. The van der Waals surface area contributed by atoms with Gasteiger partial charge in [0.05, 0.1) is 5.69 Å². The predicted octanol–water partition coefficient (Wildman–Crippen LogP) is 2.95. The van der Waals surface area contributed by atoms with E-state index in [9.17, 15) is 4.39 Å². The number of anilines is 1. The van der Waals surface area contributed by atoms with E-state index in [0.29, 0.717) is 5.69 Å². The number of nitrogens with one attached hydrogen (secondary N) is 1. The molecule has 0 fully saturated rings. The third-order valence-corrected chi connectivity index (χ3v) is 2.71. The molecule has 0 unspecified atom stereocenters. The first-order valence-corrected chi connectivity index (χ1v) is 5.73. The molecule has 0 bridgehead atoms. The van der Waals surface area contributed by atoms with Gasteiger partial charge in [0.25, 0.3) is 0 Å². The zero-order valence-corrected chi connectivity index (χ0v) is 10.6. The first-order chi connectivity index (χ1) is 7.11. The molecule has 0 saturated carbocycles. The molecule has 1 N–H and O–H groups in total. The van der Waals surface area contributed by atoms with E-state index >= 15 is 0 Å². The lowest BCUT2D eigenvalue weighted by Crippen LogP contribution is -2.16.